The number of aromatic nitrogens is 2. The van der Waals surface area contributed by atoms with E-state index < -0.39 is 0 Å². The number of hydrogen-bond donors (Lipinski definition) is 1. The van der Waals surface area contributed by atoms with E-state index in [1.54, 1.807) is 28.3 Å². The maximum Gasteiger partial charge on any atom is 0.293 e. The molecular formula is C12H15N3OS. The van der Waals surface area contributed by atoms with Crippen molar-refractivity contribution in [1.82, 2.24) is 9.55 Å². The minimum absolute atomic E-state index is 0.0545. The molecule has 0 radical (unpaired) electrons. The summed E-state index contributed by atoms with van der Waals surface area (Å²) in [6.07, 6.45) is 4.27. The van der Waals surface area contributed by atoms with Crippen LogP contribution in [0, 0.1) is 0 Å². The van der Waals surface area contributed by atoms with Gasteiger partial charge in [0.05, 0.1) is 0 Å². The Balaban J connectivity index is 1.97. The van der Waals surface area contributed by atoms with Crippen molar-refractivity contribution in [2.75, 3.05) is 11.9 Å². The summed E-state index contributed by atoms with van der Waals surface area (Å²) >= 11 is 1.73. The molecule has 2 heterocycles. The van der Waals surface area contributed by atoms with Gasteiger partial charge in [-0.3, -0.25) is 4.79 Å². The lowest BCUT2D eigenvalue weighted by Gasteiger charge is -2.06. The Morgan fingerprint density at radius 3 is 3.12 bits per heavy atom. The molecule has 0 amide bonds. The lowest BCUT2D eigenvalue weighted by molar-refractivity contribution is 0.718. The molecule has 0 aliphatic heterocycles. The number of thiophene rings is 1. The fraction of sp³-hybridized carbons (Fsp3) is 0.333. The lowest BCUT2D eigenvalue weighted by Crippen LogP contribution is -2.24. The average Bonchev–Trinajstić information content (AvgIpc) is 2.84. The molecule has 0 saturated heterocycles. The zero-order valence-corrected chi connectivity index (χ0v) is 10.5. The summed E-state index contributed by atoms with van der Waals surface area (Å²) in [5.74, 6) is 0.436. The summed E-state index contributed by atoms with van der Waals surface area (Å²) in [5, 5.41) is 5.14. The third-order valence-electron chi connectivity index (χ3n) is 2.50. The van der Waals surface area contributed by atoms with E-state index in [4.69, 9.17) is 0 Å². The molecule has 4 nitrogen and oxygen atoms in total. The normalized spacial score (nSPS) is 10.4. The van der Waals surface area contributed by atoms with Gasteiger partial charge >= 0.3 is 0 Å². The largest absolute Gasteiger partial charge is 0.365 e. The van der Waals surface area contributed by atoms with E-state index in [1.165, 1.54) is 4.88 Å². The van der Waals surface area contributed by atoms with E-state index in [9.17, 15) is 4.79 Å². The van der Waals surface area contributed by atoms with E-state index in [0.29, 0.717) is 12.4 Å². The Bertz CT molecular complexity index is 519. The van der Waals surface area contributed by atoms with Gasteiger partial charge in [0, 0.05) is 30.4 Å². The van der Waals surface area contributed by atoms with Crippen LogP contribution in [-0.2, 0) is 13.0 Å². The smallest absolute Gasteiger partial charge is 0.293 e. The highest BCUT2D eigenvalue weighted by Crippen LogP contribution is 2.08. The van der Waals surface area contributed by atoms with Crippen LogP contribution >= 0.6 is 11.3 Å². The maximum absolute atomic E-state index is 11.8. The van der Waals surface area contributed by atoms with E-state index in [1.807, 2.05) is 13.0 Å². The summed E-state index contributed by atoms with van der Waals surface area (Å²) in [6, 6.07) is 4.12. The number of nitrogens with one attached hydrogen (secondary N) is 1. The third-order valence-corrected chi connectivity index (χ3v) is 3.43. The van der Waals surface area contributed by atoms with Crippen LogP contribution in [-0.4, -0.2) is 16.1 Å². The van der Waals surface area contributed by atoms with Gasteiger partial charge in [0.2, 0.25) is 0 Å². The SMILES string of the molecule is CCn1ccnc(NCCc2cccs2)c1=O. The van der Waals surface area contributed by atoms with Crippen LogP contribution < -0.4 is 10.9 Å². The van der Waals surface area contributed by atoms with E-state index >= 15 is 0 Å². The first-order valence-corrected chi connectivity index (χ1v) is 6.51. The highest BCUT2D eigenvalue weighted by molar-refractivity contribution is 7.09. The molecule has 90 valence electrons. The van der Waals surface area contributed by atoms with Crippen molar-refractivity contribution in [2.45, 2.75) is 19.9 Å². The molecule has 0 aliphatic rings. The molecule has 0 saturated carbocycles. The average molecular weight is 249 g/mol. The van der Waals surface area contributed by atoms with Gasteiger partial charge < -0.3 is 9.88 Å². The minimum atomic E-state index is -0.0545. The summed E-state index contributed by atoms with van der Waals surface area (Å²) < 4.78 is 1.64. The Labute approximate surface area is 104 Å². The van der Waals surface area contributed by atoms with Gasteiger partial charge in [-0.05, 0) is 24.8 Å². The molecule has 0 aliphatic carbocycles. The van der Waals surface area contributed by atoms with Gasteiger partial charge in [0.15, 0.2) is 5.82 Å². The zero-order valence-electron chi connectivity index (χ0n) is 9.72. The highest BCUT2D eigenvalue weighted by Gasteiger charge is 2.02. The van der Waals surface area contributed by atoms with Crippen LogP contribution in [0.15, 0.2) is 34.7 Å². The Morgan fingerprint density at radius 2 is 2.41 bits per heavy atom. The van der Waals surface area contributed by atoms with E-state index in [2.05, 4.69) is 21.7 Å². The Kier molecular flexibility index (Phi) is 3.93. The van der Waals surface area contributed by atoms with Crippen molar-refractivity contribution in [3.05, 3.63) is 45.1 Å². The lowest BCUT2D eigenvalue weighted by atomic mass is 10.3. The maximum atomic E-state index is 11.8. The van der Waals surface area contributed by atoms with Gasteiger partial charge in [-0.25, -0.2) is 4.98 Å². The van der Waals surface area contributed by atoms with Crippen LogP contribution in [0.25, 0.3) is 0 Å². The van der Waals surface area contributed by atoms with Crippen LogP contribution in [0.5, 0.6) is 0 Å². The van der Waals surface area contributed by atoms with Crippen LogP contribution in [0.1, 0.15) is 11.8 Å². The molecule has 17 heavy (non-hydrogen) atoms. The molecule has 2 aromatic heterocycles. The Morgan fingerprint density at radius 1 is 1.53 bits per heavy atom. The number of hydrogen-bond acceptors (Lipinski definition) is 4. The van der Waals surface area contributed by atoms with Crippen molar-refractivity contribution in [3.63, 3.8) is 0 Å². The zero-order chi connectivity index (χ0) is 12.1. The first-order chi connectivity index (χ1) is 8.31. The molecule has 5 heteroatoms. The molecule has 0 unspecified atom stereocenters. The van der Waals surface area contributed by atoms with Gasteiger partial charge in [-0.2, -0.15) is 0 Å². The molecule has 2 rings (SSSR count). The molecule has 0 fully saturated rings. The topological polar surface area (TPSA) is 46.9 Å². The van der Waals surface area contributed by atoms with E-state index in [0.717, 1.165) is 13.0 Å². The predicted octanol–water partition coefficient (Wildman–Crippen LogP) is 1.98. The molecule has 0 atom stereocenters. The first kappa shape index (κ1) is 11.9. The molecule has 0 aromatic carbocycles. The number of anilines is 1. The van der Waals surface area contributed by atoms with Gasteiger partial charge in [0.25, 0.3) is 5.56 Å². The predicted molar refractivity (Wildman–Crippen MR) is 70.7 cm³/mol. The third kappa shape index (κ3) is 2.94. The van der Waals surface area contributed by atoms with Crippen LogP contribution in [0.4, 0.5) is 5.82 Å². The van der Waals surface area contributed by atoms with Crippen molar-refractivity contribution in [1.29, 1.82) is 0 Å². The quantitative estimate of drug-likeness (QED) is 0.881. The fourth-order valence-electron chi connectivity index (χ4n) is 1.58. The molecule has 1 N–H and O–H groups in total. The molecule has 0 bridgehead atoms. The minimum Gasteiger partial charge on any atom is -0.365 e. The number of rotatable bonds is 5. The summed E-state index contributed by atoms with van der Waals surface area (Å²) in [4.78, 5) is 17.2. The molecular weight excluding hydrogens is 234 g/mol. The Hall–Kier alpha value is -1.62. The van der Waals surface area contributed by atoms with Gasteiger partial charge in [0.1, 0.15) is 0 Å². The van der Waals surface area contributed by atoms with E-state index in [-0.39, 0.29) is 5.56 Å². The first-order valence-electron chi connectivity index (χ1n) is 5.63. The van der Waals surface area contributed by atoms with Crippen molar-refractivity contribution >= 4 is 17.2 Å². The number of nitrogens with zero attached hydrogens (tertiary/aromatic N) is 2. The summed E-state index contributed by atoms with van der Waals surface area (Å²) in [6.45, 7) is 3.34. The van der Waals surface area contributed by atoms with Crippen LogP contribution in [0.3, 0.4) is 0 Å². The standard InChI is InChI=1S/C12H15N3OS/c1-2-15-8-7-14-11(12(15)16)13-6-5-10-4-3-9-17-10/h3-4,7-9H,2,5-6H2,1H3,(H,13,14). The second kappa shape index (κ2) is 5.63. The van der Waals surface area contributed by atoms with Gasteiger partial charge in [-0.1, -0.05) is 6.07 Å². The van der Waals surface area contributed by atoms with Crippen LogP contribution in [0.2, 0.25) is 0 Å². The van der Waals surface area contributed by atoms with Crippen molar-refractivity contribution in [2.24, 2.45) is 0 Å². The summed E-state index contributed by atoms with van der Waals surface area (Å²) in [7, 11) is 0. The van der Waals surface area contributed by atoms with Crippen molar-refractivity contribution in [3.8, 4) is 0 Å². The number of aryl methyl sites for hydroxylation is 1. The highest BCUT2D eigenvalue weighted by atomic mass is 32.1. The second-order valence-electron chi connectivity index (χ2n) is 3.62. The molecule has 0 spiro atoms. The summed E-state index contributed by atoms with van der Waals surface area (Å²) in [5.41, 5.74) is -0.0545. The van der Waals surface area contributed by atoms with Crippen molar-refractivity contribution < 1.29 is 0 Å². The fourth-order valence-corrected chi connectivity index (χ4v) is 2.29. The monoisotopic (exact) mass is 249 g/mol. The molecule has 2 aromatic rings. The van der Waals surface area contributed by atoms with Gasteiger partial charge in [-0.15, -0.1) is 11.3 Å². The second-order valence-corrected chi connectivity index (χ2v) is 4.66.